The minimum absolute atomic E-state index is 0. The number of benzene rings is 4. The second-order valence-electron chi connectivity index (χ2n) is 16.7. The van der Waals surface area contributed by atoms with Gasteiger partial charge in [-0.25, -0.2) is 0 Å². The van der Waals surface area contributed by atoms with Gasteiger partial charge in [-0.05, 0) is 110 Å². The van der Waals surface area contributed by atoms with Crippen molar-refractivity contribution in [1.82, 2.24) is 40.2 Å². The average Bonchev–Trinajstić information content (AvgIpc) is 4.22. The van der Waals surface area contributed by atoms with E-state index < -0.39 is 10.8 Å². The molecule has 0 amide bonds. The third-order valence-electron chi connectivity index (χ3n) is 13.7. The number of nitrogens with zero attached hydrogens (tertiary/aromatic N) is 10. The van der Waals surface area contributed by atoms with Crippen molar-refractivity contribution in [2.24, 2.45) is 0 Å². The van der Waals surface area contributed by atoms with Gasteiger partial charge in [0.05, 0.1) is 10.8 Å². The van der Waals surface area contributed by atoms with Gasteiger partial charge in [-0.15, -0.1) is 22.5 Å². The third kappa shape index (κ3) is 6.58. The summed E-state index contributed by atoms with van der Waals surface area (Å²) in [6.45, 7) is 12.7. The molecule has 0 N–H and O–H groups in total. The largest absolute Gasteiger partial charge is 0.581 e. The van der Waals surface area contributed by atoms with Crippen molar-refractivity contribution in [3.63, 3.8) is 0 Å². The predicted octanol–water partition coefficient (Wildman–Crippen LogP) is 9.43. The Labute approximate surface area is 415 Å². The number of anilines is 2. The topological polar surface area (TPSA) is 92.7 Å². The van der Waals surface area contributed by atoms with Gasteiger partial charge in [0.15, 0.2) is 0 Å². The van der Waals surface area contributed by atoms with Crippen LogP contribution < -0.4 is 20.0 Å². The number of rotatable bonds is 6. The van der Waals surface area contributed by atoms with Crippen molar-refractivity contribution in [2.45, 2.75) is 38.5 Å². The molecular weight excluding hydrogens is 1180 g/mol. The van der Waals surface area contributed by atoms with Crippen LogP contribution in [0.1, 0.15) is 72.5 Å². The van der Waals surface area contributed by atoms with E-state index in [1.54, 1.807) is 12.4 Å². The van der Waals surface area contributed by atoms with Gasteiger partial charge in [0.2, 0.25) is 0 Å². The molecule has 0 fully saturated rings. The van der Waals surface area contributed by atoms with Crippen LogP contribution in [0.25, 0.3) is 22.3 Å². The van der Waals surface area contributed by atoms with Crippen molar-refractivity contribution < 1.29 is 42.1 Å². The maximum absolute atomic E-state index is 4.57. The van der Waals surface area contributed by atoms with Crippen LogP contribution in [0.5, 0.6) is 0 Å². The zero-order valence-corrected chi connectivity index (χ0v) is 41.7. The fraction of sp³-hybridized carbons (Fsp3) is 0.148. The molecule has 2 atom stereocenters. The van der Waals surface area contributed by atoms with Crippen LogP contribution in [0, 0.1) is 25.5 Å². The van der Waals surface area contributed by atoms with Gasteiger partial charge in [0.1, 0.15) is 0 Å². The minimum atomic E-state index is -0.620. The van der Waals surface area contributed by atoms with Crippen molar-refractivity contribution in [3.05, 3.63) is 239 Å². The van der Waals surface area contributed by atoms with Gasteiger partial charge in [0, 0.05) is 89.7 Å². The number of pyridine rings is 2. The molecule has 66 heavy (non-hydrogen) atoms. The molecule has 12 rings (SSSR count). The van der Waals surface area contributed by atoms with Gasteiger partial charge in [-0.1, -0.05) is 60.7 Å². The Balaban J connectivity index is 0.000000161. The maximum atomic E-state index is 4.57. The normalized spacial score (nSPS) is 18.9. The van der Waals surface area contributed by atoms with Gasteiger partial charge in [-0.2, -0.15) is 74.3 Å². The summed E-state index contributed by atoms with van der Waals surface area (Å²) in [6, 6.07) is 45.5. The number of aromatic nitrogens is 6. The van der Waals surface area contributed by atoms with E-state index >= 15 is 0 Å². The first-order chi connectivity index (χ1) is 31.2. The Morgan fingerprint density at radius 1 is 0.470 bits per heavy atom. The van der Waals surface area contributed by atoms with E-state index in [2.05, 4.69) is 214 Å². The first-order valence-electron chi connectivity index (χ1n) is 21.4. The number of allylic oxidation sites excluding steroid dienone is 4. The molecule has 0 saturated carbocycles. The third-order valence-corrected chi connectivity index (χ3v) is 13.7. The number of hydrogen-bond donors (Lipinski definition) is 0. The molecule has 2 aliphatic heterocycles. The molecule has 2 aliphatic carbocycles. The monoisotopic (exact) mass is 1220 g/mol. The first-order valence-corrected chi connectivity index (χ1v) is 21.4. The van der Waals surface area contributed by atoms with E-state index in [4.69, 9.17) is 0 Å². The molecule has 8 aromatic rings. The van der Waals surface area contributed by atoms with Crippen molar-refractivity contribution in [2.75, 3.05) is 23.9 Å². The molecule has 0 radical (unpaired) electrons. The molecular formula is C54H44N10Pt2-6. The smallest absolute Gasteiger partial charge is 0.0659 e. The molecule has 336 valence electrons. The van der Waals surface area contributed by atoms with E-state index in [0.717, 1.165) is 45.0 Å². The zero-order valence-electron chi connectivity index (χ0n) is 37.1. The van der Waals surface area contributed by atoms with Crippen LogP contribution in [0.4, 0.5) is 11.4 Å². The summed E-state index contributed by atoms with van der Waals surface area (Å²) in [6.07, 6.45) is 11.2. The summed E-state index contributed by atoms with van der Waals surface area (Å²) < 4.78 is 0. The summed E-state index contributed by atoms with van der Waals surface area (Å²) >= 11 is 0. The van der Waals surface area contributed by atoms with Crippen molar-refractivity contribution >= 4 is 11.4 Å². The van der Waals surface area contributed by atoms with Crippen LogP contribution in [0.3, 0.4) is 0 Å². The maximum Gasteiger partial charge on any atom is 0.0659 e. The van der Waals surface area contributed by atoms with Gasteiger partial charge < -0.3 is 40.0 Å². The van der Waals surface area contributed by atoms with Crippen LogP contribution in [0.2, 0.25) is 0 Å². The van der Waals surface area contributed by atoms with Crippen LogP contribution in [0.15, 0.2) is 169 Å². The second kappa shape index (κ2) is 17.5. The molecule has 0 spiro atoms. The molecule has 2 unspecified atom stereocenters. The van der Waals surface area contributed by atoms with E-state index in [1.165, 1.54) is 56.2 Å². The molecule has 4 aliphatic rings. The van der Waals surface area contributed by atoms with Crippen LogP contribution in [-0.2, 0) is 53.0 Å². The summed E-state index contributed by atoms with van der Waals surface area (Å²) in [5.74, 6) is 0. The van der Waals surface area contributed by atoms with E-state index in [1.807, 2.05) is 36.9 Å². The van der Waals surface area contributed by atoms with E-state index in [9.17, 15) is 0 Å². The molecule has 12 heteroatoms. The Bertz CT molecular complexity index is 2840. The molecule has 4 aromatic carbocycles. The summed E-state index contributed by atoms with van der Waals surface area (Å²) in [5, 5.41) is 17.5. The Morgan fingerprint density at radius 2 is 0.879 bits per heavy atom. The number of hydrogen-bond acceptors (Lipinski definition) is 8. The quantitative estimate of drug-likeness (QED) is 0.150. The Morgan fingerprint density at radius 3 is 1.26 bits per heavy atom. The molecule has 0 saturated heterocycles. The van der Waals surface area contributed by atoms with Crippen molar-refractivity contribution in [1.29, 1.82) is 0 Å². The fourth-order valence-corrected chi connectivity index (χ4v) is 10.2. The van der Waals surface area contributed by atoms with Crippen LogP contribution in [-0.4, -0.2) is 44.1 Å². The summed E-state index contributed by atoms with van der Waals surface area (Å²) in [7, 11) is 4.14. The molecule has 10 nitrogen and oxygen atoms in total. The molecule has 0 bridgehead atoms. The fourth-order valence-electron chi connectivity index (χ4n) is 10.2. The van der Waals surface area contributed by atoms with E-state index in [0.29, 0.717) is 0 Å². The summed E-state index contributed by atoms with van der Waals surface area (Å²) in [5.41, 5.74) is 18.8. The Hall–Kier alpha value is -6.34. The average molecular weight is 1220 g/mol. The summed E-state index contributed by atoms with van der Waals surface area (Å²) in [4.78, 5) is 17.7. The second-order valence-corrected chi connectivity index (χ2v) is 16.7. The Kier molecular flexibility index (Phi) is 11.9. The number of fused-ring (bicyclic) bond motifs is 6. The van der Waals surface area contributed by atoms with Gasteiger partial charge in [0.25, 0.3) is 0 Å². The molecule has 4 aromatic heterocycles. The van der Waals surface area contributed by atoms with Crippen molar-refractivity contribution in [3.8, 4) is 22.3 Å². The first kappa shape index (κ1) is 44.8. The SMILES string of the molecule is CC1=C(C)N(c2[c-]c(C3(c4cc[n-]n4)c4ccccc4-c4ccncc43)ccc2)[CH-]N1C.CC1=C(C)N(c2[c-]c(C3(c4cc[n-]n4)c4ccccc4-c4ccncc43)ccc2)[CH-]N1C.[Pt].[Pt]. The molecule has 6 heterocycles. The zero-order chi connectivity index (χ0) is 43.7. The predicted molar refractivity (Wildman–Crippen MR) is 249 cm³/mol. The standard InChI is InChI=1S/2C27H22N5.2Pt/c2*1-18-19(2)32(17-31(18)3)21-8-6-7-20(15-21)27(26-12-14-29-30-26)24-10-5-4-9-22(24)23-11-13-28-16-25(23)27;;/h2*4-14,16-17H,1-3H3;;/q2*-3;;. The minimum Gasteiger partial charge on any atom is -0.581 e. The van der Waals surface area contributed by atoms with E-state index in [-0.39, 0.29) is 42.1 Å². The van der Waals surface area contributed by atoms with Gasteiger partial charge in [-0.3, -0.25) is 9.97 Å². The van der Waals surface area contributed by atoms with Gasteiger partial charge >= 0.3 is 0 Å². The van der Waals surface area contributed by atoms with Crippen LogP contribution >= 0.6 is 0 Å².